The lowest BCUT2D eigenvalue weighted by Gasteiger charge is -2.04. The molecule has 0 atom stereocenters. The van der Waals surface area contributed by atoms with Crippen LogP contribution in [0, 0.1) is 0 Å². The van der Waals surface area contributed by atoms with Gasteiger partial charge in [-0.05, 0) is 42.8 Å². The molecule has 3 rings (SSSR count). The summed E-state index contributed by atoms with van der Waals surface area (Å²) in [7, 11) is 0. The maximum atomic E-state index is 12.6. The van der Waals surface area contributed by atoms with Crippen LogP contribution in [0.25, 0.3) is 6.08 Å². The van der Waals surface area contributed by atoms with Crippen molar-refractivity contribution in [2.45, 2.75) is 6.92 Å². The van der Waals surface area contributed by atoms with Crippen molar-refractivity contribution in [3.05, 3.63) is 84.9 Å². The van der Waals surface area contributed by atoms with Crippen molar-refractivity contribution in [1.82, 2.24) is 0 Å². The smallest absolute Gasteiger partial charge is 0.344 e. The number of hydrogen-bond donors (Lipinski definition) is 1. The zero-order valence-corrected chi connectivity index (χ0v) is 18.6. The fourth-order valence-corrected chi connectivity index (χ4v) is 4.22. The van der Waals surface area contributed by atoms with Gasteiger partial charge >= 0.3 is 5.97 Å². The maximum absolute atomic E-state index is 12.6. The van der Waals surface area contributed by atoms with Gasteiger partial charge in [-0.25, -0.2) is 9.79 Å². The number of thioether (sulfide) groups is 1. The van der Waals surface area contributed by atoms with Gasteiger partial charge in [-0.3, -0.25) is 4.79 Å². The fraction of sp³-hybridized carbons (Fsp3) is 0.0952. The quantitative estimate of drug-likeness (QED) is 0.514. The molecule has 30 heavy (non-hydrogen) atoms. The Morgan fingerprint density at radius 2 is 1.87 bits per heavy atom. The molecule has 0 bridgehead atoms. The number of benzene rings is 2. The Hall–Kier alpha value is -2.25. The monoisotopic (exact) mass is 481 g/mol. The third kappa shape index (κ3) is 4.90. The van der Waals surface area contributed by atoms with E-state index in [9.17, 15) is 14.7 Å². The number of hydrogen-bond acceptors (Lipinski definition) is 5. The van der Waals surface area contributed by atoms with E-state index in [2.05, 4.69) is 4.99 Å². The number of carbonyl (C=O) groups is 2. The molecule has 0 saturated heterocycles. The van der Waals surface area contributed by atoms with Gasteiger partial charge < -0.3 is 9.84 Å². The van der Waals surface area contributed by atoms with Gasteiger partial charge in [0, 0.05) is 10.0 Å². The van der Waals surface area contributed by atoms with E-state index in [-0.39, 0.29) is 38.5 Å². The standard InChI is InChI=1S/C21H14Cl3NO4S/c1-2-29-21(28)17-18(26)16(9-11-7-8-12(22)10-15(11)24)30-20(17)25-19(27)13-5-3-4-6-14(13)23/h3-10,26H,2H2,1H3/b16-9-,25-20?. The molecule has 0 saturated carbocycles. The number of aliphatic hydroxyl groups is 1. The van der Waals surface area contributed by atoms with E-state index >= 15 is 0 Å². The molecule has 0 radical (unpaired) electrons. The van der Waals surface area contributed by atoms with Crippen molar-refractivity contribution in [2.24, 2.45) is 4.99 Å². The molecule has 0 aromatic heterocycles. The molecule has 1 heterocycles. The molecule has 1 aliphatic rings. The molecule has 2 aromatic rings. The van der Waals surface area contributed by atoms with E-state index in [1.165, 1.54) is 6.07 Å². The number of aliphatic hydroxyl groups excluding tert-OH is 1. The highest BCUT2D eigenvalue weighted by Gasteiger charge is 2.34. The number of rotatable bonds is 4. The van der Waals surface area contributed by atoms with E-state index in [1.54, 1.807) is 49.4 Å². The number of ether oxygens (including phenoxy) is 1. The number of aliphatic imine (C=N–C) groups is 1. The second kappa shape index (κ2) is 9.71. The lowest BCUT2D eigenvalue weighted by Crippen LogP contribution is -2.14. The lowest BCUT2D eigenvalue weighted by molar-refractivity contribution is -0.138. The molecule has 0 unspecified atom stereocenters. The average molecular weight is 483 g/mol. The van der Waals surface area contributed by atoms with Crippen LogP contribution in [0.2, 0.25) is 15.1 Å². The summed E-state index contributed by atoms with van der Waals surface area (Å²) in [4.78, 5) is 29.3. The predicted molar refractivity (Wildman–Crippen MR) is 122 cm³/mol. The summed E-state index contributed by atoms with van der Waals surface area (Å²) in [6, 6.07) is 11.3. The summed E-state index contributed by atoms with van der Waals surface area (Å²) in [6.45, 7) is 1.72. The number of nitrogens with zero attached hydrogens (tertiary/aromatic N) is 1. The number of halogens is 3. The minimum absolute atomic E-state index is 0.00667. The van der Waals surface area contributed by atoms with E-state index in [0.717, 1.165) is 11.8 Å². The summed E-state index contributed by atoms with van der Waals surface area (Å²) < 4.78 is 5.02. The van der Waals surface area contributed by atoms with Crippen LogP contribution >= 0.6 is 46.6 Å². The van der Waals surface area contributed by atoms with Gasteiger partial charge in [-0.1, -0.05) is 64.8 Å². The van der Waals surface area contributed by atoms with Crippen molar-refractivity contribution in [2.75, 3.05) is 6.61 Å². The number of carbonyl (C=O) groups excluding carboxylic acids is 2. The second-order valence-electron chi connectivity index (χ2n) is 5.92. The Kier molecular flexibility index (Phi) is 7.26. The molecular weight excluding hydrogens is 469 g/mol. The first kappa shape index (κ1) is 22.4. The molecule has 5 nitrogen and oxygen atoms in total. The molecule has 2 aromatic carbocycles. The predicted octanol–water partition coefficient (Wildman–Crippen LogP) is 6.35. The van der Waals surface area contributed by atoms with Gasteiger partial charge in [0.25, 0.3) is 5.91 Å². The topological polar surface area (TPSA) is 76.0 Å². The highest BCUT2D eigenvalue weighted by atomic mass is 35.5. The van der Waals surface area contributed by atoms with Crippen LogP contribution in [0.15, 0.2) is 63.7 Å². The van der Waals surface area contributed by atoms with Gasteiger partial charge in [0.2, 0.25) is 0 Å². The largest absolute Gasteiger partial charge is 0.506 e. The molecule has 1 aliphatic heterocycles. The third-order valence-corrected chi connectivity index (χ3v) is 5.84. The Morgan fingerprint density at radius 3 is 2.53 bits per heavy atom. The van der Waals surface area contributed by atoms with Crippen molar-refractivity contribution in [1.29, 1.82) is 0 Å². The minimum atomic E-state index is -0.793. The second-order valence-corrected chi connectivity index (χ2v) is 8.20. The normalized spacial score (nSPS) is 16.4. The average Bonchev–Trinajstić information content (AvgIpc) is 2.99. The Bertz CT molecular complexity index is 1120. The molecule has 0 fully saturated rings. The molecule has 0 aliphatic carbocycles. The molecule has 1 N–H and O–H groups in total. The van der Waals surface area contributed by atoms with Gasteiger partial charge in [-0.2, -0.15) is 0 Å². The van der Waals surface area contributed by atoms with Gasteiger partial charge in [0.15, 0.2) is 0 Å². The Labute approximate surface area is 192 Å². The summed E-state index contributed by atoms with van der Waals surface area (Å²) in [5, 5.41) is 11.7. The van der Waals surface area contributed by atoms with Crippen LogP contribution in [-0.2, 0) is 9.53 Å². The summed E-state index contributed by atoms with van der Waals surface area (Å²) in [5.41, 5.74) is 0.545. The SMILES string of the molecule is CCOC(=O)C1=C(O)/C(=C/c2ccc(Cl)cc2Cl)SC1=NC(=O)c1ccccc1Cl. The van der Waals surface area contributed by atoms with E-state index in [0.29, 0.717) is 15.6 Å². The maximum Gasteiger partial charge on any atom is 0.344 e. The third-order valence-electron chi connectivity index (χ3n) is 3.93. The number of amides is 1. The number of esters is 1. The Morgan fingerprint density at radius 1 is 1.13 bits per heavy atom. The molecule has 9 heteroatoms. The van der Waals surface area contributed by atoms with Crippen LogP contribution in [0.5, 0.6) is 0 Å². The minimum Gasteiger partial charge on any atom is -0.506 e. The van der Waals surface area contributed by atoms with Crippen LogP contribution in [0.4, 0.5) is 0 Å². The van der Waals surface area contributed by atoms with Gasteiger partial charge in [0.05, 0.1) is 22.1 Å². The first-order valence-corrected chi connectivity index (χ1v) is 10.6. The van der Waals surface area contributed by atoms with Crippen molar-refractivity contribution < 1.29 is 19.4 Å². The molecule has 1 amide bonds. The first-order valence-electron chi connectivity index (χ1n) is 8.65. The molecular formula is C21H14Cl3NO4S. The van der Waals surface area contributed by atoms with E-state index < -0.39 is 11.9 Å². The van der Waals surface area contributed by atoms with Crippen molar-refractivity contribution in [3.8, 4) is 0 Å². The van der Waals surface area contributed by atoms with E-state index in [1.807, 2.05) is 0 Å². The highest BCUT2D eigenvalue weighted by Crippen LogP contribution is 2.40. The van der Waals surface area contributed by atoms with Gasteiger partial charge in [-0.15, -0.1) is 0 Å². The van der Waals surface area contributed by atoms with Gasteiger partial charge in [0.1, 0.15) is 16.4 Å². The Balaban J connectivity index is 2.05. The molecule has 0 spiro atoms. The van der Waals surface area contributed by atoms with Crippen LogP contribution in [0.3, 0.4) is 0 Å². The highest BCUT2D eigenvalue weighted by molar-refractivity contribution is 8.18. The fourth-order valence-electron chi connectivity index (χ4n) is 2.54. The van der Waals surface area contributed by atoms with Crippen LogP contribution in [0.1, 0.15) is 22.8 Å². The first-order chi connectivity index (χ1) is 14.3. The lowest BCUT2D eigenvalue weighted by atomic mass is 10.1. The van der Waals surface area contributed by atoms with E-state index in [4.69, 9.17) is 39.5 Å². The van der Waals surface area contributed by atoms with Crippen LogP contribution in [-0.4, -0.2) is 28.6 Å². The van der Waals surface area contributed by atoms with Crippen molar-refractivity contribution >= 4 is 69.6 Å². The zero-order chi connectivity index (χ0) is 21.8. The van der Waals surface area contributed by atoms with Crippen molar-refractivity contribution in [3.63, 3.8) is 0 Å². The summed E-state index contributed by atoms with van der Waals surface area (Å²) in [5.74, 6) is -1.79. The summed E-state index contributed by atoms with van der Waals surface area (Å²) >= 11 is 19.1. The molecule has 154 valence electrons. The van der Waals surface area contributed by atoms with Crippen LogP contribution < -0.4 is 0 Å². The summed E-state index contributed by atoms with van der Waals surface area (Å²) in [6.07, 6.45) is 1.57. The zero-order valence-electron chi connectivity index (χ0n) is 15.5.